The average molecular weight is 279 g/mol. The van der Waals surface area contributed by atoms with Crippen molar-refractivity contribution < 1.29 is 0 Å². The predicted molar refractivity (Wildman–Crippen MR) is 80.4 cm³/mol. The number of hydrogen-bond acceptors (Lipinski definition) is 0. The molecule has 0 amide bonds. The Bertz CT molecular complexity index is 446. The maximum atomic E-state index is 6.04. The van der Waals surface area contributed by atoms with Gasteiger partial charge in [0.25, 0.3) is 0 Å². The number of alkyl halides is 2. The molecule has 2 atom stereocenters. The second-order valence-electron chi connectivity index (χ2n) is 4.48. The molecule has 0 radical (unpaired) electrons. The highest BCUT2D eigenvalue weighted by molar-refractivity contribution is 6.20. The van der Waals surface area contributed by atoms with Gasteiger partial charge in [0.1, 0.15) is 0 Å². The summed E-state index contributed by atoms with van der Waals surface area (Å²) in [5.74, 6) is 0. The van der Waals surface area contributed by atoms with Crippen molar-refractivity contribution in [3.63, 3.8) is 0 Å². The van der Waals surface area contributed by atoms with Crippen LogP contribution in [-0.2, 0) is 0 Å². The quantitative estimate of drug-likeness (QED) is 0.609. The third-order valence-corrected chi connectivity index (χ3v) is 3.58. The first-order chi connectivity index (χ1) is 8.58. The zero-order chi connectivity index (χ0) is 13.1. The molecule has 0 heterocycles. The second kappa shape index (κ2) is 5.77. The van der Waals surface area contributed by atoms with Gasteiger partial charge < -0.3 is 0 Å². The van der Waals surface area contributed by atoms with Crippen LogP contribution in [0.3, 0.4) is 0 Å². The summed E-state index contributed by atoms with van der Waals surface area (Å²) < 4.78 is 0. The SMILES string of the molecule is CC(Cl)c1ccc(-c2ccc(C(C)Cl)cc2)cc1. The number of hydrogen-bond donors (Lipinski definition) is 0. The monoisotopic (exact) mass is 278 g/mol. The molecule has 0 fully saturated rings. The van der Waals surface area contributed by atoms with E-state index in [1.807, 2.05) is 13.8 Å². The molecule has 0 N–H and O–H groups in total. The van der Waals surface area contributed by atoms with Gasteiger partial charge in [-0.15, -0.1) is 23.2 Å². The maximum Gasteiger partial charge on any atom is 0.0557 e. The molecule has 94 valence electrons. The van der Waals surface area contributed by atoms with E-state index in [0.29, 0.717) is 0 Å². The van der Waals surface area contributed by atoms with E-state index in [2.05, 4.69) is 48.5 Å². The van der Waals surface area contributed by atoms with Gasteiger partial charge in [-0.25, -0.2) is 0 Å². The van der Waals surface area contributed by atoms with Gasteiger partial charge in [-0.1, -0.05) is 48.5 Å². The summed E-state index contributed by atoms with van der Waals surface area (Å²) in [6.07, 6.45) is 0. The molecule has 0 aliphatic carbocycles. The van der Waals surface area contributed by atoms with Crippen molar-refractivity contribution in [3.05, 3.63) is 59.7 Å². The summed E-state index contributed by atoms with van der Waals surface area (Å²) in [5.41, 5.74) is 4.69. The summed E-state index contributed by atoms with van der Waals surface area (Å²) in [4.78, 5) is 0. The molecule has 2 aromatic carbocycles. The van der Waals surface area contributed by atoms with E-state index in [9.17, 15) is 0 Å². The third-order valence-electron chi connectivity index (χ3n) is 3.07. The third kappa shape index (κ3) is 3.07. The van der Waals surface area contributed by atoms with Crippen LogP contribution < -0.4 is 0 Å². The van der Waals surface area contributed by atoms with E-state index in [1.54, 1.807) is 0 Å². The molecular weight excluding hydrogens is 263 g/mol. The van der Waals surface area contributed by atoms with Crippen molar-refractivity contribution in [1.29, 1.82) is 0 Å². The second-order valence-corrected chi connectivity index (χ2v) is 5.79. The lowest BCUT2D eigenvalue weighted by Gasteiger charge is -2.08. The van der Waals surface area contributed by atoms with Gasteiger partial charge in [0, 0.05) is 0 Å². The van der Waals surface area contributed by atoms with Crippen molar-refractivity contribution in [3.8, 4) is 11.1 Å². The first kappa shape index (κ1) is 13.5. The first-order valence-electron chi connectivity index (χ1n) is 6.06. The Kier molecular flexibility index (Phi) is 4.31. The topological polar surface area (TPSA) is 0 Å². The zero-order valence-electron chi connectivity index (χ0n) is 10.5. The largest absolute Gasteiger partial charge is 0.118 e. The van der Waals surface area contributed by atoms with Gasteiger partial charge in [-0.2, -0.15) is 0 Å². The van der Waals surface area contributed by atoms with Crippen LogP contribution in [0.15, 0.2) is 48.5 Å². The molecule has 0 saturated heterocycles. The molecule has 0 aliphatic heterocycles. The Morgan fingerprint density at radius 2 is 0.889 bits per heavy atom. The van der Waals surface area contributed by atoms with Crippen LogP contribution >= 0.6 is 23.2 Å². The summed E-state index contributed by atoms with van der Waals surface area (Å²) in [6, 6.07) is 16.7. The van der Waals surface area contributed by atoms with Crippen molar-refractivity contribution in [1.82, 2.24) is 0 Å². The van der Waals surface area contributed by atoms with Crippen LogP contribution in [0.4, 0.5) is 0 Å². The van der Waals surface area contributed by atoms with E-state index in [1.165, 1.54) is 11.1 Å². The minimum atomic E-state index is 0.0542. The van der Waals surface area contributed by atoms with Crippen LogP contribution in [0.1, 0.15) is 35.7 Å². The lowest BCUT2D eigenvalue weighted by Crippen LogP contribution is -1.86. The Balaban J connectivity index is 2.25. The minimum Gasteiger partial charge on any atom is -0.118 e. The van der Waals surface area contributed by atoms with Crippen LogP contribution in [0.2, 0.25) is 0 Å². The van der Waals surface area contributed by atoms with Gasteiger partial charge in [0.2, 0.25) is 0 Å². The minimum absolute atomic E-state index is 0.0542. The van der Waals surface area contributed by atoms with Crippen molar-refractivity contribution in [2.75, 3.05) is 0 Å². The lowest BCUT2D eigenvalue weighted by atomic mass is 10.0. The van der Waals surface area contributed by atoms with Crippen molar-refractivity contribution in [2.24, 2.45) is 0 Å². The zero-order valence-corrected chi connectivity index (χ0v) is 12.0. The smallest absolute Gasteiger partial charge is 0.0557 e. The Labute approximate surface area is 119 Å². The Morgan fingerprint density at radius 3 is 1.11 bits per heavy atom. The Hall–Kier alpha value is -0.980. The van der Waals surface area contributed by atoms with E-state index in [-0.39, 0.29) is 10.8 Å². The summed E-state index contributed by atoms with van der Waals surface area (Å²) in [5, 5.41) is 0.108. The number of halogens is 2. The highest BCUT2D eigenvalue weighted by Crippen LogP contribution is 2.26. The Morgan fingerprint density at radius 1 is 0.611 bits per heavy atom. The number of rotatable bonds is 3. The lowest BCUT2D eigenvalue weighted by molar-refractivity contribution is 1.08. The van der Waals surface area contributed by atoms with E-state index in [0.717, 1.165) is 11.1 Å². The molecule has 2 unspecified atom stereocenters. The molecule has 0 aliphatic rings. The van der Waals surface area contributed by atoms with E-state index in [4.69, 9.17) is 23.2 Å². The van der Waals surface area contributed by atoms with Gasteiger partial charge >= 0.3 is 0 Å². The molecule has 0 aromatic heterocycles. The van der Waals surface area contributed by atoms with Gasteiger partial charge in [0.15, 0.2) is 0 Å². The van der Waals surface area contributed by atoms with Gasteiger partial charge in [-0.3, -0.25) is 0 Å². The molecule has 0 saturated carbocycles. The fourth-order valence-electron chi connectivity index (χ4n) is 1.88. The molecule has 2 heteroatoms. The maximum absolute atomic E-state index is 6.04. The molecule has 0 nitrogen and oxygen atoms in total. The fraction of sp³-hybridized carbons (Fsp3) is 0.250. The molecule has 0 bridgehead atoms. The predicted octanol–water partition coefficient (Wildman–Crippen LogP) is 5.95. The highest BCUT2D eigenvalue weighted by atomic mass is 35.5. The molecule has 0 spiro atoms. The van der Waals surface area contributed by atoms with E-state index >= 15 is 0 Å². The van der Waals surface area contributed by atoms with Crippen LogP contribution in [-0.4, -0.2) is 0 Å². The van der Waals surface area contributed by atoms with Crippen molar-refractivity contribution in [2.45, 2.75) is 24.6 Å². The fourth-order valence-corrected chi connectivity index (χ4v) is 2.17. The molecular formula is C16H16Cl2. The molecule has 2 aromatic rings. The first-order valence-corrected chi connectivity index (χ1v) is 6.93. The van der Waals surface area contributed by atoms with Gasteiger partial charge in [-0.05, 0) is 36.1 Å². The van der Waals surface area contributed by atoms with Crippen molar-refractivity contribution >= 4 is 23.2 Å². The normalized spacial score (nSPS) is 14.2. The number of benzene rings is 2. The highest BCUT2D eigenvalue weighted by Gasteiger charge is 2.04. The summed E-state index contributed by atoms with van der Waals surface area (Å²) in [7, 11) is 0. The summed E-state index contributed by atoms with van der Waals surface area (Å²) in [6.45, 7) is 3.96. The van der Waals surface area contributed by atoms with Crippen LogP contribution in [0, 0.1) is 0 Å². The molecule has 2 rings (SSSR count). The summed E-state index contributed by atoms with van der Waals surface area (Å²) >= 11 is 12.1. The van der Waals surface area contributed by atoms with Crippen LogP contribution in [0.5, 0.6) is 0 Å². The van der Waals surface area contributed by atoms with Crippen LogP contribution in [0.25, 0.3) is 11.1 Å². The van der Waals surface area contributed by atoms with E-state index < -0.39 is 0 Å². The van der Waals surface area contributed by atoms with Gasteiger partial charge in [0.05, 0.1) is 10.8 Å². The average Bonchev–Trinajstić information content (AvgIpc) is 2.39. The standard InChI is InChI=1S/C16H16Cl2/c1-11(17)13-3-7-15(8-4-13)16-9-5-14(6-10-16)12(2)18/h3-12H,1-2H3. The molecule has 18 heavy (non-hydrogen) atoms.